The van der Waals surface area contributed by atoms with Gasteiger partial charge in [0.05, 0.1) is 19.8 Å². The molecule has 8 heteroatoms. The van der Waals surface area contributed by atoms with Gasteiger partial charge in [-0.15, -0.1) is 0 Å². The Morgan fingerprint density at radius 2 is 1.64 bits per heavy atom. The Morgan fingerprint density at radius 1 is 1.00 bits per heavy atom. The Hall–Kier alpha value is -1.77. The first-order valence-electron chi connectivity index (χ1n) is 9.04. The normalized spacial score (nSPS) is 24.0. The molecule has 0 radical (unpaired) electrons. The van der Waals surface area contributed by atoms with Crippen LogP contribution in [0.2, 0.25) is 0 Å². The van der Waals surface area contributed by atoms with E-state index in [1.165, 1.54) is 0 Å². The summed E-state index contributed by atoms with van der Waals surface area (Å²) in [5, 5.41) is 0. The van der Waals surface area contributed by atoms with Crippen molar-refractivity contribution in [3.63, 3.8) is 0 Å². The molecule has 0 aliphatic carbocycles. The first-order valence-corrected chi connectivity index (χ1v) is 9.04. The summed E-state index contributed by atoms with van der Waals surface area (Å²) < 4.78 is 11.5. The lowest BCUT2D eigenvalue weighted by molar-refractivity contribution is -0.187. The summed E-state index contributed by atoms with van der Waals surface area (Å²) >= 11 is 0. The van der Waals surface area contributed by atoms with Crippen molar-refractivity contribution in [1.29, 1.82) is 0 Å². The molecule has 3 saturated heterocycles. The van der Waals surface area contributed by atoms with Gasteiger partial charge >= 0.3 is 0 Å². The first-order chi connectivity index (χ1) is 12.2. The van der Waals surface area contributed by atoms with E-state index in [0.717, 1.165) is 58.1 Å². The highest BCUT2D eigenvalue weighted by Crippen LogP contribution is 2.31. The minimum absolute atomic E-state index is 0.206. The number of amides is 1. The number of piperidine rings is 1. The van der Waals surface area contributed by atoms with Crippen LogP contribution in [0.5, 0.6) is 0 Å². The Balaban J connectivity index is 1.23. The monoisotopic (exact) mass is 347 g/mol. The molecule has 8 nitrogen and oxygen atoms in total. The molecule has 136 valence electrons. The smallest absolute Gasteiger partial charge is 0.236 e. The second kappa shape index (κ2) is 7.23. The summed E-state index contributed by atoms with van der Waals surface area (Å²) in [5.41, 5.74) is 0. The molecule has 3 aliphatic rings. The number of hydrogen-bond donors (Lipinski definition) is 0. The molecule has 1 aromatic rings. The molecule has 0 saturated carbocycles. The summed E-state index contributed by atoms with van der Waals surface area (Å²) in [4.78, 5) is 27.5. The summed E-state index contributed by atoms with van der Waals surface area (Å²) in [6, 6.07) is 1.82. The maximum Gasteiger partial charge on any atom is 0.236 e. The zero-order valence-electron chi connectivity index (χ0n) is 14.5. The molecule has 0 N–H and O–H groups in total. The number of piperazine rings is 1. The van der Waals surface area contributed by atoms with Crippen molar-refractivity contribution in [2.24, 2.45) is 0 Å². The van der Waals surface area contributed by atoms with Crippen LogP contribution in [0.3, 0.4) is 0 Å². The van der Waals surface area contributed by atoms with Crippen molar-refractivity contribution in [2.75, 3.05) is 63.9 Å². The zero-order chi connectivity index (χ0) is 17.1. The number of nitrogens with zero attached hydrogens (tertiary/aromatic N) is 5. The predicted octanol–water partition coefficient (Wildman–Crippen LogP) is -0.0359. The van der Waals surface area contributed by atoms with Crippen molar-refractivity contribution >= 4 is 11.9 Å². The molecule has 0 aromatic carbocycles. The van der Waals surface area contributed by atoms with E-state index >= 15 is 0 Å². The lowest BCUT2D eigenvalue weighted by atomic mass is 10.0. The lowest BCUT2D eigenvalue weighted by Gasteiger charge is -2.39. The van der Waals surface area contributed by atoms with Gasteiger partial charge in [-0.1, -0.05) is 0 Å². The van der Waals surface area contributed by atoms with E-state index in [1.54, 1.807) is 12.4 Å². The van der Waals surface area contributed by atoms with Crippen molar-refractivity contribution in [2.45, 2.75) is 18.6 Å². The molecule has 4 heterocycles. The van der Waals surface area contributed by atoms with Crippen molar-refractivity contribution in [3.05, 3.63) is 18.5 Å². The number of likely N-dealkylation sites (tertiary alicyclic amines) is 1. The zero-order valence-corrected chi connectivity index (χ0v) is 14.5. The third-order valence-corrected chi connectivity index (χ3v) is 5.26. The van der Waals surface area contributed by atoms with E-state index in [9.17, 15) is 4.79 Å². The van der Waals surface area contributed by atoms with E-state index < -0.39 is 5.79 Å². The topological polar surface area (TPSA) is 71.0 Å². The average Bonchev–Trinajstić information content (AvgIpc) is 3.11. The maximum absolute atomic E-state index is 12.6. The van der Waals surface area contributed by atoms with Crippen molar-refractivity contribution < 1.29 is 14.3 Å². The van der Waals surface area contributed by atoms with Gasteiger partial charge in [-0.3, -0.25) is 9.69 Å². The van der Waals surface area contributed by atoms with Crippen molar-refractivity contribution in [1.82, 2.24) is 19.8 Å². The largest absolute Gasteiger partial charge is 0.347 e. The van der Waals surface area contributed by atoms with Crippen LogP contribution in [-0.4, -0.2) is 90.5 Å². The number of rotatable bonds is 3. The van der Waals surface area contributed by atoms with Crippen LogP contribution in [0.15, 0.2) is 18.5 Å². The highest BCUT2D eigenvalue weighted by atomic mass is 16.7. The van der Waals surface area contributed by atoms with Gasteiger partial charge in [0.15, 0.2) is 5.79 Å². The molecular formula is C17H25N5O3. The number of carbonyl (C=O) groups is 1. The molecule has 3 aliphatic heterocycles. The third kappa shape index (κ3) is 3.75. The van der Waals surface area contributed by atoms with Gasteiger partial charge in [0.1, 0.15) is 0 Å². The number of ether oxygens (including phenoxy) is 2. The van der Waals surface area contributed by atoms with E-state index in [2.05, 4.69) is 19.8 Å². The molecule has 1 spiro atoms. The lowest BCUT2D eigenvalue weighted by Crippen LogP contribution is -2.53. The fourth-order valence-electron chi connectivity index (χ4n) is 3.73. The van der Waals surface area contributed by atoms with Gasteiger partial charge in [-0.2, -0.15) is 0 Å². The minimum Gasteiger partial charge on any atom is -0.347 e. The van der Waals surface area contributed by atoms with Gasteiger partial charge in [0.2, 0.25) is 11.9 Å². The molecule has 25 heavy (non-hydrogen) atoms. The summed E-state index contributed by atoms with van der Waals surface area (Å²) in [6.45, 7) is 6.67. The van der Waals surface area contributed by atoms with Crippen LogP contribution in [0.1, 0.15) is 12.8 Å². The summed E-state index contributed by atoms with van der Waals surface area (Å²) in [6.07, 6.45) is 5.08. The Labute approximate surface area is 147 Å². The fourth-order valence-corrected chi connectivity index (χ4v) is 3.73. The van der Waals surface area contributed by atoms with Gasteiger partial charge in [-0.25, -0.2) is 9.97 Å². The quantitative estimate of drug-likeness (QED) is 0.760. The van der Waals surface area contributed by atoms with Crippen LogP contribution in [0.25, 0.3) is 0 Å². The first kappa shape index (κ1) is 16.7. The third-order valence-electron chi connectivity index (χ3n) is 5.26. The number of aromatic nitrogens is 2. The Morgan fingerprint density at radius 3 is 2.28 bits per heavy atom. The van der Waals surface area contributed by atoms with Gasteiger partial charge < -0.3 is 19.3 Å². The second-order valence-corrected chi connectivity index (χ2v) is 6.80. The van der Waals surface area contributed by atoms with Crippen LogP contribution in [-0.2, 0) is 14.3 Å². The molecule has 0 unspecified atom stereocenters. The van der Waals surface area contributed by atoms with E-state index in [0.29, 0.717) is 19.8 Å². The van der Waals surface area contributed by atoms with Gasteiger partial charge in [0.25, 0.3) is 0 Å². The molecule has 1 aromatic heterocycles. The number of hydrogen-bond acceptors (Lipinski definition) is 7. The van der Waals surface area contributed by atoms with Gasteiger partial charge in [0, 0.05) is 64.5 Å². The maximum atomic E-state index is 12.6. The highest BCUT2D eigenvalue weighted by molar-refractivity contribution is 5.78. The molecule has 4 rings (SSSR count). The van der Waals surface area contributed by atoms with Gasteiger partial charge in [-0.05, 0) is 6.07 Å². The second-order valence-electron chi connectivity index (χ2n) is 6.80. The van der Waals surface area contributed by atoms with Crippen LogP contribution < -0.4 is 4.90 Å². The highest BCUT2D eigenvalue weighted by Gasteiger charge is 2.40. The number of anilines is 1. The van der Waals surface area contributed by atoms with E-state index in [1.807, 2.05) is 11.0 Å². The van der Waals surface area contributed by atoms with E-state index in [-0.39, 0.29) is 5.91 Å². The molecular weight excluding hydrogens is 322 g/mol. The predicted molar refractivity (Wildman–Crippen MR) is 91.1 cm³/mol. The van der Waals surface area contributed by atoms with Crippen LogP contribution >= 0.6 is 0 Å². The molecule has 0 atom stereocenters. The standard InChI is InChI=1S/C17H25N5O3/c23-15(21-6-2-17(3-7-21)24-12-13-25-17)14-20-8-10-22(11-9-20)16-18-4-1-5-19-16/h1,4-5H,2-3,6-14H2. The van der Waals surface area contributed by atoms with Crippen LogP contribution in [0, 0.1) is 0 Å². The molecule has 3 fully saturated rings. The molecule has 0 bridgehead atoms. The Bertz CT molecular complexity index is 575. The van der Waals surface area contributed by atoms with Crippen LogP contribution in [0.4, 0.5) is 5.95 Å². The number of carbonyl (C=O) groups excluding carboxylic acids is 1. The fraction of sp³-hybridized carbons (Fsp3) is 0.706. The Kier molecular flexibility index (Phi) is 4.82. The minimum atomic E-state index is -0.419. The van der Waals surface area contributed by atoms with E-state index in [4.69, 9.17) is 9.47 Å². The average molecular weight is 347 g/mol. The summed E-state index contributed by atoms with van der Waals surface area (Å²) in [7, 11) is 0. The molecule has 1 amide bonds. The summed E-state index contributed by atoms with van der Waals surface area (Å²) in [5.74, 6) is 0.557. The SMILES string of the molecule is O=C(CN1CCN(c2ncccn2)CC1)N1CCC2(CC1)OCCO2. The van der Waals surface area contributed by atoms with Crippen molar-refractivity contribution in [3.8, 4) is 0 Å².